The Morgan fingerprint density at radius 1 is 1.26 bits per heavy atom. The first-order chi connectivity index (χ1) is 11.2. The summed E-state index contributed by atoms with van der Waals surface area (Å²) in [6.45, 7) is 6.05. The Morgan fingerprint density at radius 2 is 2.13 bits per heavy atom. The van der Waals surface area contributed by atoms with E-state index < -0.39 is 0 Å². The molecule has 4 heterocycles. The summed E-state index contributed by atoms with van der Waals surface area (Å²) in [4.78, 5) is 15.0. The lowest BCUT2D eigenvalue weighted by atomic mass is 10.1. The van der Waals surface area contributed by atoms with E-state index in [1.165, 1.54) is 11.3 Å². The van der Waals surface area contributed by atoms with Gasteiger partial charge in [-0.15, -0.1) is 11.3 Å². The van der Waals surface area contributed by atoms with Crippen molar-refractivity contribution in [3.8, 4) is 0 Å². The first-order valence-electron chi connectivity index (χ1n) is 7.96. The van der Waals surface area contributed by atoms with Crippen LogP contribution in [0, 0.1) is 6.92 Å². The van der Waals surface area contributed by atoms with Gasteiger partial charge in [0.05, 0.1) is 17.4 Å². The number of hydrogen-bond acceptors (Lipinski definition) is 6. The molecule has 3 aromatic rings. The summed E-state index contributed by atoms with van der Waals surface area (Å²) in [5.41, 5.74) is 3.45. The van der Waals surface area contributed by atoms with Crippen LogP contribution >= 0.6 is 11.3 Å². The highest BCUT2D eigenvalue weighted by atomic mass is 32.1. The molecule has 0 radical (unpaired) electrons. The molecule has 0 fully saturated rings. The van der Waals surface area contributed by atoms with E-state index in [1.54, 1.807) is 11.3 Å². The van der Waals surface area contributed by atoms with Crippen LogP contribution in [0.5, 0.6) is 0 Å². The molecule has 2 N–H and O–H groups in total. The standard InChI is InChI=1S/C16H20N6S/c1-10(14-9-22-7-8-23-16(22)21-14)18-15-12-3-5-17-6-4-13(12)19-11(2)20-15/h7-10,17H,3-6H2,1-2H3,(H,18,19,20)/t10-/m1/s1. The fraction of sp³-hybridized carbons (Fsp3) is 0.438. The summed E-state index contributed by atoms with van der Waals surface area (Å²) in [7, 11) is 0. The highest BCUT2D eigenvalue weighted by molar-refractivity contribution is 7.15. The molecule has 0 spiro atoms. The van der Waals surface area contributed by atoms with Gasteiger partial charge in [0, 0.05) is 36.3 Å². The van der Waals surface area contributed by atoms with Gasteiger partial charge in [-0.25, -0.2) is 15.0 Å². The molecule has 6 nitrogen and oxygen atoms in total. The molecular weight excluding hydrogens is 308 g/mol. The Kier molecular flexibility index (Phi) is 3.74. The normalized spacial score (nSPS) is 16.1. The monoisotopic (exact) mass is 328 g/mol. The fourth-order valence-electron chi connectivity index (χ4n) is 3.02. The second-order valence-electron chi connectivity index (χ2n) is 5.92. The summed E-state index contributed by atoms with van der Waals surface area (Å²) in [5, 5.41) is 9.03. The number of rotatable bonds is 3. The van der Waals surface area contributed by atoms with Crippen LogP contribution in [0.15, 0.2) is 17.8 Å². The summed E-state index contributed by atoms with van der Waals surface area (Å²) in [6, 6.07) is 0.108. The smallest absolute Gasteiger partial charge is 0.193 e. The molecular formula is C16H20N6S. The lowest BCUT2D eigenvalue weighted by Gasteiger charge is -2.17. The molecule has 0 aromatic carbocycles. The van der Waals surface area contributed by atoms with E-state index in [0.717, 1.165) is 48.2 Å². The zero-order valence-electron chi connectivity index (χ0n) is 13.3. The third-order valence-corrected chi connectivity index (χ3v) is 4.97. The van der Waals surface area contributed by atoms with Crippen molar-refractivity contribution < 1.29 is 0 Å². The van der Waals surface area contributed by atoms with Crippen molar-refractivity contribution >= 4 is 22.1 Å². The second-order valence-corrected chi connectivity index (χ2v) is 6.79. The van der Waals surface area contributed by atoms with Gasteiger partial charge < -0.3 is 10.6 Å². The summed E-state index contributed by atoms with van der Waals surface area (Å²) in [5.74, 6) is 1.78. The molecule has 23 heavy (non-hydrogen) atoms. The molecule has 3 aromatic heterocycles. The Balaban J connectivity index is 1.65. The quantitative estimate of drug-likeness (QED) is 0.772. The van der Waals surface area contributed by atoms with E-state index in [0.29, 0.717) is 0 Å². The van der Waals surface area contributed by atoms with Crippen molar-refractivity contribution in [2.24, 2.45) is 0 Å². The van der Waals surface area contributed by atoms with Gasteiger partial charge in [-0.05, 0) is 26.8 Å². The average molecular weight is 328 g/mol. The van der Waals surface area contributed by atoms with Crippen molar-refractivity contribution in [2.45, 2.75) is 32.7 Å². The molecule has 7 heteroatoms. The number of aryl methyl sites for hydroxylation is 1. The van der Waals surface area contributed by atoms with E-state index in [9.17, 15) is 0 Å². The SMILES string of the molecule is Cc1nc2c(c(N[C@H](C)c3cn4ccsc4n3)n1)CCNCC2. The first kappa shape index (κ1) is 14.6. The van der Waals surface area contributed by atoms with Crippen LogP contribution in [0.3, 0.4) is 0 Å². The molecule has 4 rings (SSSR count). The van der Waals surface area contributed by atoms with Gasteiger partial charge in [0.1, 0.15) is 11.6 Å². The van der Waals surface area contributed by atoms with Gasteiger partial charge in [-0.3, -0.25) is 4.40 Å². The molecule has 0 saturated carbocycles. The highest BCUT2D eigenvalue weighted by Crippen LogP contribution is 2.25. The van der Waals surface area contributed by atoms with Crippen molar-refractivity contribution in [1.29, 1.82) is 0 Å². The second kappa shape index (κ2) is 5.90. The molecule has 0 aliphatic carbocycles. The van der Waals surface area contributed by atoms with Crippen LogP contribution in [0.25, 0.3) is 4.96 Å². The molecule has 1 atom stereocenters. The lowest BCUT2D eigenvalue weighted by molar-refractivity contribution is 0.708. The third-order valence-electron chi connectivity index (χ3n) is 4.20. The van der Waals surface area contributed by atoms with Gasteiger partial charge in [0.25, 0.3) is 0 Å². The maximum Gasteiger partial charge on any atom is 0.193 e. The molecule has 0 saturated heterocycles. The van der Waals surface area contributed by atoms with Gasteiger partial charge in [-0.1, -0.05) is 0 Å². The topological polar surface area (TPSA) is 67.1 Å². The number of nitrogens with one attached hydrogen (secondary N) is 2. The van der Waals surface area contributed by atoms with Crippen LogP contribution in [0.1, 0.15) is 35.7 Å². The maximum absolute atomic E-state index is 4.69. The van der Waals surface area contributed by atoms with Crippen LogP contribution in [-0.4, -0.2) is 32.4 Å². The maximum atomic E-state index is 4.69. The zero-order chi connectivity index (χ0) is 15.8. The zero-order valence-corrected chi connectivity index (χ0v) is 14.2. The summed E-state index contributed by atoms with van der Waals surface area (Å²) >= 11 is 1.65. The predicted octanol–water partition coefficient (Wildman–Crippen LogP) is 2.36. The van der Waals surface area contributed by atoms with Crippen molar-refractivity contribution in [2.75, 3.05) is 18.4 Å². The van der Waals surface area contributed by atoms with Gasteiger partial charge in [0.15, 0.2) is 4.96 Å². The Bertz CT molecular complexity index is 808. The van der Waals surface area contributed by atoms with Crippen molar-refractivity contribution in [3.63, 3.8) is 0 Å². The largest absolute Gasteiger partial charge is 0.362 e. The minimum absolute atomic E-state index is 0.108. The summed E-state index contributed by atoms with van der Waals surface area (Å²) < 4.78 is 2.06. The number of anilines is 1. The number of fused-ring (bicyclic) bond motifs is 2. The fourth-order valence-corrected chi connectivity index (χ4v) is 3.73. The third kappa shape index (κ3) is 2.82. The minimum atomic E-state index is 0.108. The Morgan fingerprint density at radius 3 is 3.00 bits per heavy atom. The number of imidazole rings is 1. The molecule has 1 aliphatic rings. The summed E-state index contributed by atoms with van der Waals surface area (Å²) in [6.07, 6.45) is 6.04. The van der Waals surface area contributed by atoms with E-state index >= 15 is 0 Å². The van der Waals surface area contributed by atoms with Crippen molar-refractivity contribution in [3.05, 3.63) is 40.5 Å². The minimum Gasteiger partial charge on any atom is -0.362 e. The predicted molar refractivity (Wildman–Crippen MR) is 92.2 cm³/mol. The van der Waals surface area contributed by atoms with Crippen LogP contribution in [-0.2, 0) is 12.8 Å². The molecule has 0 unspecified atom stereocenters. The van der Waals surface area contributed by atoms with E-state index in [-0.39, 0.29) is 6.04 Å². The van der Waals surface area contributed by atoms with Gasteiger partial charge >= 0.3 is 0 Å². The van der Waals surface area contributed by atoms with Gasteiger partial charge in [0.2, 0.25) is 0 Å². The average Bonchev–Trinajstić information content (AvgIpc) is 3.02. The Labute approximate surface area is 139 Å². The lowest BCUT2D eigenvalue weighted by Crippen LogP contribution is -2.16. The van der Waals surface area contributed by atoms with E-state index in [1.807, 2.05) is 18.5 Å². The highest BCUT2D eigenvalue weighted by Gasteiger charge is 2.18. The number of hydrogen-bond donors (Lipinski definition) is 2. The number of thiazole rings is 1. The van der Waals surface area contributed by atoms with Crippen LogP contribution < -0.4 is 10.6 Å². The van der Waals surface area contributed by atoms with Crippen LogP contribution in [0.4, 0.5) is 5.82 Å². The molecule has 0 bridgehead atoms. The Hall–Kier alpha value is -1.99. The number of aromatic nitrogens is 4. The van der Waals surface area contributed by atoms with E-state index in [2.05, 4.69) is 43.1 Å². The number of nitrogens with zero attached hydrogens (tertiary/aromatic N) is 4. The molecule has 120 valence electrons. The molecule has 0 amide bonds. The van der Waals surface area contributed by atoms with Crippen LogP contribution in [0.2, 0.25) is 0 Å². The van der Waals surface area contributed by atoms with Gasteiger partial charge in [-0.2, -0.15) is 0 Å². The van der Waals surface area contributed by atoms with E-state index in [4.69, 9.17) is 0 Å². The first-order valence-corrected chi connectivity index (χ1v) is 8.84. The van der Waals surface area contributed by atoms with Crippen molar-refractivity contribution in [1.82, 2.24) is 24.7 Å². The molecule has 1 aliphatic heterocycles.